The maximum absolute atomic E-state index is 12.3. The van der Waals surface area contributed by atoms with Gasteiger partial charge in [0.1, 0.15) is 5.15 Å². The summed E-state index contributed by atoms with van der Waals surface area (Å²) in [5.74, 6) is -0.138. The smallest absolute Gasteiger partial charge is 0.254 e. The summed E-state index contributed by atoms with van der Waals surface area (Å²) in [6.07, 6.45) is 6.05. The molecule has 1 aromatic heterocycles. The van der Waals surface area contributed by atoms with E-state index in [-0.39, 0.29) is 17.1 Å². The lowest BCUT2D eigenvalue weighted by atomic mass is 10.0. The summed E-state index contributed by atoms with van der Waals surface area (Å²) in [4.78, 5) is 18.7. The van der Waals surface area contributed by atoms with E-state index >= 15 is 0 Å². The summed E-state index contributed by atoms with van der Waals surface area (Å²) in [6, 6.07) is 1.94. The quantitative estimate of drug-likeness (QED) is 0.802. The Hall–Kier alpha value is -0.650. The lowest BCUT2D eigenvalue weighted by molar-refractivity contribution is 0.0910. The van der Waals surface area contributed by atoms with Gasteiger partial charge in [0, 0.05) is 29.8 Å². The molecule has 0 aromatic carbocycles. The van der Waals surface area contributed by atoms with Gasteiger partial charge in [-0.05, 0) is 47.8 Å². The Kier molecular flexibility index (Phi) is 6.45. The molecule has 0 aliphatic carbocycles. The average molecular weight is 375 g/mol. The Bertz CT molecular complexity index is 490. The predicted molar refractivity (Wildman–Crippen MR) is 88.8 cm³/mol. The van der Waals surface area contributed by atoms with Gasteiger partial charge in [0.15, 0.2) is 0 Å². The van der Waals surface area contributed by atoms with Crippen LogP contribution in [0.1, 0.15) is 43.0 Å². The Labute approximate surface area is 139 Å². The first kappa shape index (κ1) is 16.7. The molecule has 1 aromatic rings. The molecule has 0 radical (unpaired) electrons. The van der Waals surface area contributed by atoms with Gasteiger partial charge < -0.3 is 10.2 Å². The second-order valence-corrected chi connectivity index (χ2v) is 6.71. The molecule has 2 heterocycles. The molecule has 4 nitrogen and oxygen atoms in total. The average Bonchev–Trinajstić information content (AvgIpc) is 2.49. The van der Waals surface area contributed by atoms with Gasteiger partial charge in [0.25, 0.3) is 5.91 Å². The first-order valence-corrected chi connectivity index (χ1v) is 8.61. The molecule has 0 unspecified atom stereocenters. The number of carbonyl (C=O) groups is 1. The fraction of sp³-hybridized carbons (Fsp3) is 0.600. The fourth-order valence-electron chi connectivity index (χ4n) is 2.53. The molecule has 116 valence electrons. The third-order valence-electron chi connectivity index (χ3n) is 3.80. The Morgan fingerprint density at radius 2 is 2.24 bits per heavy atom. The largest absolute Gasteiger partial charge is 0.349 e. The highest BCUT2D eigenvalue weighted by Gasteiger charge is 2.22. The van der Waals surface area contributed by atoms with Crippen LogP contribution in [0.2, 0.25) is 5.15 Å². The number of hydrogen-bond donors (Lipinski definition) is 1. The van der Waals surface area contributed by atoms with E-state index in [1.54, 1.807) is 12.3 Å². The molecule has 0 saturated carbocycles. The predicted octanol–water partition coefficient (Wildman–Crippen LogP) is 3.49. The van der Waals surface area contributed by atoms with Crippen LogP contribution in [0, 0.1) is 0 Å². The van der Waals surface area contributed by atoms with E-state index in [1.165, 1.54) is 19.4 Å². The van der Waals surface area contributed by atoms with E-state index in [0.29, 0.717) is 5.56 Å². The highest BCUT2D eigenvalue weighted by molar-refractivity contribution is 9.10. The molecule has 1 N–H and O–H groups in total. The lowest BCUT2D eigenvalue weighted by Gasteiger charge is -2.32. The van der Waals surface area contributed by atoms with Gasteiger partial charge in [-0.25, -0.2) is 4.98 Å². The lowest BCUT2D eigenvalue weighted by Crippen LogP contribution is -2.44. The zero-order valence-corrected chi connectivity index (χ0v) is 14.6. The molecular formula is C15H21BrClN3O. The molecule has 1 saturated heterocycles. The third-order valence-corrected chi connectivity index (χ3v) is 4.54. The van der Waals surface area contributed by atoms with E-state index in [2.05, 4.69) is 38.1 Å². The van der Waals surface area contributed by atoms with Crippen LogP contribution in [-0.4, -0.2) is 41.5 Å². The Morgan fingerprint density at radius 3 is 2.90 bits per heavy atom. The van der Waals surface area contributed by atoms with Gasteiger partial charge in [-0.15, -0.1) is 0 Å². The zero-order chi connectivity index (χ0) is 15.2. The maximum atomic E-state index is 12.3. The minimum atomic E-state index is -0.138. The van der Waals surface area contributed by atoms with Gasteiger partial charge in [0.2, 0.25) is 0 Å². The minimum Gasteiger partial charge on any atom is -0.349 e. The van der Waals surface area contributed by atoms with Crippen LogP contribution in [0.5, 0.6) is 0 Å². The standard InChI is InChI=1S/C15H21BrClN3O/c1-2-3-6-20-7-4-12(5-8-20)19-15(21)13-9-11(16)10-18-14(13)17/h9-10,12H,2-8H2,1H3,(H,19,21). The molecule has 6 heteroatoms. The van der Waals surface area contributed by atoms with Crippen molar-refractivity contribution in [3.63, 3.8) is 0 Å². The van der Waals surface area contributed by atoms with E-state index in [4.69, 9.17) is 11.6 Å². The van der Waals surface area contributed by atoms with Gasteiger partial charge >= 0.3 is 0 Å². The fourth-order valence-corrected chi connectivity index (χ4v) is 3.05. The molecule has 1 amide bonds. The first-order chi connectivity index (χ1) is 10.1. The van der Waals surface area contributed by atoms with Crippen molar-refractivity contribution >= 4 is 33.4 Å². The molecule has 0 bridgehead atoms. The number of likely N-dealkylation sites (tertiary alicyclic amines) is 1. The number of unbranched alkanes of at least 4 members (excludes halogenated alkanes) is 1. The van der Waals surface area contributed by atoms with E-state index in [9.17, 15) is 4.79 Å². The molecule has 1 fully saturated rings. The van der Waals surface area contributed by atoms with Crippen LogP contribution in [0.25, 0.3) is 0 Å². The van der Waals surface area contributed by atoms with E-state index < -0.39 is 0 Å². The van der Waals surface area contributed by atoms with Crippen molar-refractivity contribution in [2.75, 3.05) is 19.6 Å². The molecule has 1 aliphatic rings. The zero-order valence-electron chi connectivity index (χ0n) is 12.2. The first-order valence-electron chi connectivity index (χ1n) is 7.44. The van der Waals surface area contributed by atoms with Crippen LogP contribution < -0.4 is 5.32 Å². The maximum Gasteiger partial charge on any atom is 0.254 e. The number of nitrogens with one attached hydrogen (secondary N) is 1. The van der Waals surface area contributed by atoms with Crippen LogP contribution in [0.15, 0.2) is 16.7 Å². The monoisotopic (exact) mass is 373 g/mol. The molecular weight excluding hydrogens is 354 g/mol. The summed E-state index contributed by atoms with van der Waals surface area (Å²) in [5, 5.41) is 3.32. The summed E-state index contributed by atoms with van der Waals surface area (Å²) in [7, 11) is 0. The SMILES string of the molecule is CCCCN1CCC(NC(=O)c2cc(Br)cnc2Cl)CC1. The van der Waals surface area contributed by atoms with Crippen molar-refractivity contribution < 1.29 is 4.79 Å². The normalized spacial score (nSPS) is 16.9. The highest BCUT2D eigenvalue weighted by Crippen LogP contribution is 2.19. The summed E-state index contributed by atoms with van der Waals surface area (Å²) in [5.41, 5.74) is 0.430. The van der Waals surface area contributed by atoms with Gasteiger partial charge in [-0.1, -0.05) is 24.9 Å². The van der Waals surface area contributed by atoms with Gasteiger partial charge in [0.05, 0.1) is 5.56 Å². The second kappa shape index (κ2) is 8.11. The summed E-state index contributed by atoms with van der Waals surface area (Å²) in [6.45, 7) is 5.48. The summed E-state index contributed by atoms with van der Waals surface area (Å²) >= 11 is 9.30. The topological polar surface area (TPSA) is 45.2 Å². The molecule has 2 rings (SSSR count). The van der Waals surface area contributed by atoms with Crippen LogP contribution in [0.4, 0.5) is 0 Å². The third kappa shape index (κ3) is 4.94. The van der Waals surface area contributed by atoms with Crippen LogP contribution >= 0.6 is 27.5 Å². The number of piperidine rings is 1. The van der Waals surface area contributed by atoms with Crippen molar-refractivity contribution in [1.29, 1.82) is 0 Å². The minimum absolute atomic E-state index is 0.138. The van der Waals surface area contributed by atoms with Gasteiger partial charge in [-0.2, -0.15) is 0 Å². The number of pyridine rings is 1. The van der Waals surface area contributed by atoms with Crippen molar-refractivity contribution in [2.45, 2.75) is 38.6 Å². The Balaban J connectivity index is 1.85. The molecule has 1 aliphatic heterocycles. The van der Waals surface area contributed by atoms with E-state index in [0.717, 1.165) is 30.4 Å². The molecule has 0 atom stereocenters. The molecule has 21 heavy (non-hydrogen) atoms. The van der Waals surface area contributed by atoms with Gasteiger partial charge in [-0.3, -0.25) is 4.79 Å². The second-order valence-electron chi connectivity index (χ2n) is 5.43. The van der Waals surface area contributed by atoms with Crippen molar-refractivity contribution in [3.8, 4) is 0 Å². The molecule has 0 spiro atoms. The number of amides is 1. The highest BCUT2D eigenvalue weighted by atomic mass is 79.9. The number of nitrogens with zero attached hydrogens (tertiary/aromatic N) is 2. The van der Waals surface area contributed by atoms with E-state index in [1.807, 2.05) is 0 Å². The summed E-state index contributed by atoms with van der Waals surface area (Å²) < 4.78 is 0.756. The van der Waals surface area contributed by atoms with Crippen molar-refractivity contribution in [3.05, 3.63) is 27.5 Å². The number of aromatic nitrogens is 1. The van der Waals surface area contributed by atoms with Crippen molar-refractivity contribution in [2.24, 2.45) is 0 Å². The number of halogens is 2. The number of rotatable bonds is 5. The van der Waals surface area contributed by atoms with Crippen molar-refractivity contribution in [1.82, 2.24) is 15.2 Å². The number of hydrogen-bond acceptors (Lipinski definition) is 3. The van der Waals surface area contributed by atoms with Crippen LogP contribution in [0.3, 0.4) is 0 Å². The number of carbonyl (C=O) groups excluding carboxylic acids is 1. The Morgan fingerprint density at radius 1 is 1.52 bits per heavy atom. The van der Waals surface area contributed by atoms with Crippen LogP contribution in [-0.2, 0) is 0 Å².